The summed E-state index contributed by atoms with van der Waals surface area (Å²) in [5.41, 5.74) is 5.18. The number of rotatable bonds is 10. The Bertz CT molecular complexity index is 1850. The van der Waals surface area contributed by atoms with Crippen molar-refractivity contribution in [1.82, 2.24) is 34.0 Å². The first kappa shape index (κ1) is 28.9. The number of likely N-dealkylation sites (tertiary alicyclic amines) is 1. The minimum Gasteiger partial charge on any atom is -0.477 e. The zero-order valence-electron chi connectivity index (χ0n) is 24.2. The molecule has 1 aliphatic heterocycles. The molecule has 224 valence electrons. The fraction of sp³-hybridized carbons (Fsp3) is 0.312. The third-order valence-electron chi connectivity index (χ3n) is 8.11. The lowest BCUT2D eigenvalue weighted by Gasteiger charge is -2.31. The minimum absolute atomic E-state index is 0.0178. The molecule has 11 nitrogen and oxygen atoms in total. The number of aromatic carboxylic acids is 1. The van der Waals surface area contributed by atoms with E-state index in [1.807, 2.05) is 24.4 Å². The topological polar surface area (TPSA) is 134 Å². The first-order valence-electron chi connectivity index (χ1n) is 14.5. The van der Waals surface area contributed by atoms with Crippen LogP contribution >= 0.6 is 0 Å². The second-order valence-electron chi connectivity index (χ2n) is 10.8. The zero-order chi connectivity index (χ0) is 30.6. The largest absolute Gasteiger partial charge is 0.477 e. The van der Waals surface area contributed by atoms with Crippen LogP contribution in [-0.4, -0.2) is 58.2 Å². The van der Waals surface area contributed by atoms with E-state index in [1.54, 1.807) is 35.1 Å². The third-order valence-corrected chi connectivity index (χ3v) is 8.11. The van der Waals surface area contributed by atoms with Gasteiger partial charge in [0, 0.05) is 60.2 Å². The highest BCUT2D eigenvalue weighted by molar-refractivity contribution is 5.87. The smallest absolute Gasteiger partial charge is 0.354 e. The van der Waals surface area contributed by atoms with Crippen LogP contribution in [0.25, 0.3) is 5.52 Å². The van der Waals surface area contributed by atoms with Crippen LogP contribution in [0.15, 0.2) is 61.3 Å². The molecule has 1 saturated heterocycles. The van der Waals surface area contributed by atoms with Gasteiger partial charge in [-0.1, -0.05) is 12.1 Å². The second kappa shape index (κ2) is 12.6. The van der Waals surface area contributed by atoms with E-state index in [0.717, 1.165) is 60.6 Å². The Morgan fingerprint density at radius 3 is 2.77 bits per heavy atom. The van der Waals surface area contributed by atoms with Crippen LogP contribution in [0.2, 0.25) is 0 Å². The van der Waals surface area contributed by atoms with Crippen molar-refractivity contribution in [3.8, 4) is 11.9 Å². The first-order chi connectivity index (χ1) is 21.4. The number of imidazole rings is 1. The number of fused-ring (bicyclic) bond motifs is 1. The normalized spacial score (nSPS) is 14.1. The van der Waals surface area contributed by atoms with Crippen molar-refractivity contribution in [3.63, 3.8) is 0 Å². The number of piperidine rings is 1. The van der Waals surface area contributed by atoms with Gasteiger partial charge in [-0.3, -0.25) is 4.90 Å². The van der Waals surface area contributed by atoms with Gasteiger partial charge < -0.3 is 14.4 Å². The summed E-state index contributed by atoms with van der Waals surface area (Å²) in [6.45, 7) is 5.17. The summed E-state index contributed by atoms with van der Waals surface area (Å²) in [4.78, 5) is 27.1. The molecule has 12 heteroatoms. The van der Waals surface area contributed by atoms with Crippen molar-refractivity contribution in [1.29, 1.82) is 5.26 Å². The maximum Gasteiger partial charge on any atom is 0.354 e. The van der Waals surface area contributed by atoms with Crippen LogP contribution in [0.3, 0.4) is 0 Å². The van der Waals surface area contributed by atoms with Gasteiger partial charge in [-0.25, -0.2) is 28.7 Å². The van der Waals surface area contributed by atoms with E-state index >= 15 is 0 Å². The standard InChI is InChI=1S/C32H31FN8O3/c1-2-40-19-35-16-24(40)13-25-29(38-41-20-36-28(32(42)43)14-30(25)41)17-39-10-8-22(9-11-39)27-4-3-5-31(37-27)44-18-23-7-6-21(15-34)12-26(23)33/h3-7,12,14,16,19-20,22H,2,8-11,13,17-18H2,1H3,(H,42,43). The van der Waals surface area contributed by atoms with Gasteiger partial charge in [-0.15, -0.1) is 0 Å². The van der Waals surface area contributed by atoms with E-state index in [2.05, 4.69) is 26.4 Å². The number of carboxylic acid groups (broad SMARTS) is 1. The monoisotopic (exact) mass is 594 g/mol. The van der Waals surface area contributed by atoms with Gasteiger partial charge >= 0.3 is 5.97 Å². The van der Waals surface area contributed by atoms with Crippen molar-refractivity contribution in [3.05, 3.63) is 107 Å². The molecule has 0 spiro atoms. The molecule has 6 rings (SSSR count). The highest BCUT2D eigenvalue weighted by atomic mass is 19.1. The third kappa shape index (κ3) is 6.14. The molecule has 0 saturated carbocycles. The molecular formula is C32H31FN8O3. The summed E-state index contributed by atoms with van der Waals surface area (Å²) in [6.07, 6.45) is 7.48. The number of carboxylic acids is 1. The van der Waals surface area contributed by atoms with Gasteiger partial charge in [-0.2, -0.15) is 10.4 Å². The van der Waals surface area contributed by atoms with Crippen LogP contribution in [0, 0.1) is 17.1 Å². The van der Waals surface area contributed by atoms with Gasteiger partial charge in [0.25, 0.3) is 0 Å². The van der Waals surface area contributed by atoms with Crippen molar-refractivity contribution in [2.24, 2.45) is 0 Å². The molecule has 1 N–H and O–H groups in total. The highest BCUT2D eigenvalue weighted by Crippen LogP contribution is 2.30. The summed E-state index contributed by atoms with van der Waals surface area (Å²) in [6, 6.07) is 13.5. The Labute approximate surface area is 253 Å². The van der Waals surface area contributed by atoms with E-state index in [4.69, 9.17) is 20.1 Å². The number of carbonyl (C=O) groups is 1. The Morgan fingerprint density at radius 1 is 1.18 bits per heavy atom. The molecule has 0 amide bonds. The Kier molecular flexibility index (Phi) is 8.29. The van der Waals surface area contributed by atoms with Crippen LogP contribution < -0.4 is 4.74 Å². The number of aryl methyl sites for hydroxylation is 1. The van der Waals surface area contributed by atoms with Gasteiger partial charge in [-0.05, 0) is 57.1 Å². The lowest BCUT2D eigenvalue weighted by Crippen LogP contribution is -2.33. The number of halogens is 1. The van der Waals surface area contributed by atoms with Crippen LogP contribution in [0.1, 0.15) is 69.9 Å². The molecule has 0 unspecified atom stereocenters. The number of hydrogen-bond acceptors (Lipinski definition) is 8. The minimum atomic E-state index is -1.08. The summed E-state index contributed by atoms with van der Waals surface area (Å²) >= 11 is 0. The van der Waals surface area contributed by atoms with E-state index in [-0.39, 0.29) is 23.8 Å². The van der Waals surface area contributed by atoms with E-state index in [0.29, 0.717) is 24.4 Å². The molecule has 0 bridgehead atoms. The van der Waals surface area contributed by atoms with Crippen LogP contribution in [0.5, 0.6) is 5.88 Å². The number of ether oxygens (including phenoxy) is 1. The van der Waals surface area contributed by atoms with Gasteiger partial charge in [0.1, 0.15) is 18.8 Å². The molecular weight excluding hydrogens is 563 g/mol. The van der Waals surface area contributed by atoms with Crippen LogP contribution in [0.4, 0.5) is 4.39 Å². The number of pyridine rings is 1. The van der Waals surface area contributed by atoms with Crippen molar-refractivity contribution < 1.29 is 19.0 Å². The predicted octanol–water partition coefficient (Wildman–Crippen LogP) is 4.60. The predicted molar refractivity (Wildman–Crippen MR) is 158 cm³/mol. The van der Waals surface area contributed by atoms with Gasteiger partial charge in [0.15, 0.2) is 5.69 Å². The van der Waals surface area contributed by atoms with Crippen LogP contribution in [-0.2, 0) is 26.1 Å². The molecule has 0 aliphatic carbocycles. The summed E-state index contributed by atoms with van der Waals surface area (Å²) in [5, 5.41) is 23.3. The summed E-state index contributed by atoms with van der Waals surface area (Å²) in [5.74, 6) is -0.866. The lowest BCUT2D eigenvalue weighted by molar-refractivity contribution is 0.0690. The first-order valence-corrected chi connectivity index (χ1v) is 14.5. The average molecular weight is 595 g/mol. The molecule has 1 aliphatic rings. The molecule has 5 heterocycles. The number of nitriles is 1. The number of benzene rings is 1. The molecule has 0 radical (unpaired) electrons. The quantitative estimate of drug-likeness (QED) is 0.246. The van der Waals surface area contributed by atoms with E-state index in [1.165, 1.54) is 12.4 Å². The molecule has 0 atom stereocenters. The van der Waals surface area contributed by atoms with Crippen molar-refractivity contribution in [2.45, 2.75) is 51.8 Å². The maximum atomic E-state index is 14.3. The molecule has 1 aromatic carbocycles. The van der Waals surface area contributed by atoms with E-state index in [9.17, 15) is 14.3 Å². The lowest BCUT2D eigenvalue weighted by atomic mass is 9.93. The van der Waals surface area contributed by atoms with Gasteiger partial charge in [0.2, 0.25) is 5.88 Å². The second-order valence-corrected chi connectivity index (χ2v) is 10.8. The number of aromatic nitrogens is 6. The van der Waals surface area contributed by atoms with Gasteiger partial charge in [0.05, 0.1) is 29.2 Å². The highest BCUT2D eigenvalue weighted by Gasteiger charge is 2.25. The Hall–Kier alpha value is -5.15. The van der Waals surface area contributed by atoms with Crippen molar-refractivity contribution >= 4 is 11.5 Å². The molecule has 1 fully saturated rings. The number of nitrogens with zero attached hydrogens (tertiary/aromatic N) is 8. The Morgan fingerprint density at radius 2 is 2.02 bits per heavy atom. The molecule has 44 heavy (non-hydrogen) atoms. The summed E-state index contributed by atoms with van der Waals surface area (Å²) in [7, 11) is 0. The van der Waals surface area contributed by atoms with Crippen molar-refractivity contribution in [2.75, 3.05) is 13.1 Å². The molecule has 4 aromatic heterocycles. The summed E-state index contributed by atoms with van der Waals surface area (Å²) < 4.78 is 23.8. The maximum absolute atomic E-state index is 14.3. The molecule has 5 aromatic rings. The number of hydrogen-bond donors (Lipinski definition) is 1. The fourth-order valence-electron chi connectivity index (χ4n) is 5.68. The fourth-order valence-corrected chi connectivity index (χ4v) is 5.68. The zero-order valence-corrected chi connectivity index (χ0v) is 24.2. The SMILES string of the molecule is CCn1cncc1Cc1c(CN2CCC(c3cccc(OCc4ccc(C#N)cc4F)n3)CC2)nn2cnc(C(=O)O)cc12. The Balaban J connectivity index is 1.14. The average Bonchev–Trinajstić information content (AvgIpc) is 3.64. The van der Waals surface area contributed by atoms with E-state index < -0.39 is 11.8 Å².